The van der Waals surface area contributed by atoms with E-state index in [2.05, 4.69) is 33.5 Å². The molecule has 0 aliphatic carbocycles. The molecule has 248 valence electrons. The molecule has 11 nitrogen and oxygen atoms in total. The summed E-state index contributed by atoms with van der Waals surface area (Å²) in [6.07, 6.45) is 4.88. The van der Waals surface area contributed by atoms with Gasteiger partial charge in [-0.15, -0.1) is 11.3 Å². The molecule has 2 bridgehead atoms. The van der Waals surface area contributed by atoms with Crippen molar-refractivity contribution in [3.63, 3.8) is 0 Å². The maximum Gasteiger partial charge on any atom is 0.323 e. The van der Waals surface area contributed by atoms with Gasteiger partial charge in [-0.2, -0.15) is 0 Å². The minimum atomic E-state index is -0.720. The molecule has 5 aliphatic heterocycles. The van der Waals surface area contributed by atoms with Crippen molar-refractivity contribution < 1.29 is 14.4 Å². The minimum absolute atomic E-state index is 0.0495. The summed E-state index contributed by atoms with van der Waals surface area (Å²) in [5, 5.41) is 9.48. The summed E-state index contributed by atoms with van der Waals surface area (Å²) in [6, 6.07) is 6.63. The fourth-order valence-corrected chi connectivity index (χ4v) is 9.36. The Hall–Kier alpha value is -3.06. The number of carbonyl (C=O) groups excluding carboxylic acids is 3. The van der Waals surface area contributed by atoms with Crippen LogP contribution in [0.3, 0.4) is 0 Å². The SMILES string of the molecule is Cc1cc(C[C@@H](NC(=O)N2CCC(N3Cc4ccsc4NC3=O)CC2)C(=O)N2CCC(N3CC4CC3CN4C)CC2)cc(Cl)c1N. The van der Waals surface area contributed by atoms with Crippen LogP contribution in [0.1, 0.15) is 48.8 Å². The molecule has 0 radical (unpaired) electrons. The molecule has 6 heterocycles. The minimum Gasteiger partial charge on any atom is -0.397 e. The number of hydrogen-bond acceptors (Lipinski definition) is 7. The Morgan fingerprint density at radius 1 is 1.04 bits per heavy atom. The van der Waals surface area contributed by atoms with E-state index in [0.29, 0.717) is 80.8 Å². The summed E-state index contributed by atoms with van der Waals surface area (Å²) in [5.41, 5.74) is 9.48. The molecule has 4 saturated heterocycles. The molecule has 0 saturated carbocycles. The molecule has 1 aromatic carbocycles. The lowest BCUT2D eigenvalue weighted by molar-refractivity contribution is -0.135. The molecule has 13 heteroatoms. The van der Waals surface area contributed by atoms with Gasteiger partial charge in [0, 0.05) is 75.4 Å². The number of amides is 5. The monoisotopic (exact) mass is 668 g/mol. The highest BCUT2D eigenvalue weighted by Crippen LogP contribution is 2.34. The third-order valence-corrected chi connectivity index (χ3v) is 12.2. The van der Waals surface area contributed by atoms with Crippen molar-refractivity contribution in [1.29, 1.82) is 0 Å². The average Bonchev–Trinajstić information content (AvgIpc) is 3.78. The fourth-order valence-electron chi connectivity index (χ4n) is 8.27. The summed E-state index contributed by atoms with van der Waals surface area (Å²) in [5.74, 6) is -0.0495. The van der Waals surface area contributed by atoms with Gasteiger partial charge in [-0.1, -0.05) is 17.7 Å². The molecular weight excluding hydrogens is 624 g/mol. The largest absolute Gasteiger partial charge is 0.397 e. The van der Waals surface area contributed by atoms with Gasteiger partial charge in [0.2, 0.25) is 5.91 Å². The Labute approximate surface area is 280 Å². The number of nitrogens with two attached hydrogens (primary N) is 1. The van der Waals surface area contributed by atoms with E-state index < -0.39 is 6.04 Å². The molecule has 46 heavy (non-hydrogen) atoms. The number of carbonyl (C=O) groups is 3. The molecule has 3 atom stereocenters. The van der Waals surface area contributed by atoms with Crippen LogP contribution in [-0.2, 0) is 17.8 Å². The van der Waals surface area contributed by atoms with Gasteiger partial charge >= 0.3 is 12.1 Å². The van der Waals surface area contributed by atoms with Crippen molar-refractivity contribution in [3.05, 3.63) is 45.3 Å². The zero-order valence-electron chi connectivity index (χ0n) is 26.7. The van der Waals surface area contributed by atoms with E-state index in [-0.39, 0.29) is 24.0 Å². The van der Waals surface area contributed by atoms with Gasteiger partial charge in [-0.05, 0) is 74.7 Å². The zero-order chi connectivity index (χ0) is 32.1. The predicted molar refractivity (Wildman–Crippen MR) is 181 cm³/mol. The first kappa shape index (κ1) is 31.5. The summed E-state index contributed by atoms with van der Waals surface area (Å²) < 4.78 is 0. The molecule has 0 spiro atoms. The Morgan fingerprint density at radius 2 is 1.76 bits per heavy atom. The number of aryl methyl sites for hydroxylation is 1. The third kappa shape index (κ3) is 6.16. The van der Waals surface area contributed by atoms with Crippen LogP contribution in [0.5, 0.6) is 0 Å². The first-order valence-corrected chi connectivity index (χ1v) is 17.9. The van der Waals surface area contributed by atoms with Gasteiger partial charge in [0.05, 0.1) is 17.3 Å². The summed E-state index contributed by atoms with van der Waals surface area (Å²) in [4.78, 5) is 51.3. The van der Waals surface area contributed by atoms with Crippen LogP contribution in [0.15, 0.2) is 23.6 Å². The number of thiophene rings is 1. The van der Waals surface area contributed by atoms with Crippen LogP contribution >= 0.6 is 22.9 Å². The average molecular weight is 669 g/mol. The van der Waals surface area contributed by atoms with E-state index in [4.69, 9.17) is 17.3 Å². The van der Waals surface area contributed by atoms with Crippen LogP contribution in [0.25, 0.3) is 0 Å². The Morgan fingerprint density at radius 3 is 2.43 bits per heavy atom. The number of piperazine rings is 1. The van der Waals surface area contributed by atoms with Crippen molar-refractivity contribution in [1.82, 2.24) is 29.8 Å². The molecular formula is C33H45ClN8O3S. The van der Waals surface area contributed by atoms with Crippen molar-refractivity contribution >= 4 is 51.6 Å². The highest BCUT2D eigenvalue weighted by Gasteiger charge is 2.45. The summed E-state index contributed by atoms with van der Waals surface area (Å²) in [6.45, 7) is 7.18. The summed E-state index contributed by atoms with van der Waals surface area (Å²) in [7, 11) is 2.22. The molecule has 2 unspecified atom stereocenters. The number of piperidine rings is 2. The van der Waals surface area contributed by atoms with Crippen molar-refractivity contribution in [2.24, 2.45) is 0 Å². The predicted octanol–water partition coefficient (Wildman–Crippen LogP) is 3.80. The van der Waals surface area contributed by atoms with Crippen molar-refractivity contribution in [2.75, 3.05) is 57.4 Å². The molecule has 5 amide bonds. The zero-order valence-corrected chi connectivity index (χ0v) is 28.3. The first-order valence-electron chi connectivity index (χ1n) is 16.6. The number of likely N-dealkylation sites (tertiary alicyclic amines) is 4. The lowest BCUT2D eigenvalue weighted by Gasteiger charge is -2.43. The standard InChI is InChI=1S/C33H45ClN8O3S/c1-20-13-21(14-27(34)29(20)35)15-28(31(43)39-8-3-23(4-9-39)41-19-25-16-26(41)18-38(25)2)36-32(44)40-10-5-24(6-11-40)42-17-22-7-12-46-30(22)37-33(42)45/h7,12-14,23-26,28H,3-6,8-11,15-19,35H2,1-2H3,(H,36,44)(H,37,45)/t25?,26?,28-/m1/s1. The molecule has 2 aromatic rings. The van der Waals surface area contributed by atoms with Crippen molar-refractivity contribution in [2.45, 2.75) is 82.2 Å². The number of benzene rings is 1. The molecule has 4 fully saturated rings. The number of anilines is 2. The third-order valence-electron chi connectivity index (χ3n) is 11.0. The van der Waals surface area contributed by atoms with Crippen LogP contribution < -0.4 is 16.4 Å². The van der Waals surface area contributed by atoms with Crippen LogP contribution in [0.4, 0.5) is 20.3 Å². The molecule has 5 aliphatic rings. The number of nitrogens with one attached hydrogen (secondary N) is 2. The number of nitrogen functional groups attached to an aromatic ring is 1. The number of urea groups is 2. The topological polar surface area (TPSA) is 117 Å². The highest BCUT2D eigenvalue weighted by molar-refractivity contribution is 7.14. The van der Waals surface area contributed by atoms with E-state index in [9.17, 15) is 14.4 Å². The number of fused-ring (bicyclic) bond motifs is 3. The van der Waals surface area contributed by atoms with Gasteiger partial charge < -0.3 is 30.7 Å². The molecule has 4 N–H and O–H groups in total. The van der Waals surface area contributed by atoms with Crippen molar-refractivity contribution in [3.8, 4) is 0 Å². The second kappa shape index (κ2) is 12.9. The van der Waals surface area contributed by atoms with E-state index in [1.165, 1.54) is 6.42 Å². The normalized spacial score (nSPS) is 25.1. The fraction of sp³-hybridized carbons (Fsp3) is 0.606. The number of nitrogens with zero attached hydrogens (tertiary/aromatic N) is 5. The smallest absolute Gasteiger partial charge is 0.323 e. The number of likely N-dealkylation sites (N-methyl/N-ethyl adjacent to an activating group) is 1. The molecule has 1 aromatic heterocycles. The van der Waals surface area contributed by atoms with E-state index in [0.717, 1.165) is 47.6 Å². The van der Waals surface area contributed by atoms with E-state index >= 15 is 0 Å². The van der Waals surface area contributed by atoms with Gasteiger partial charge in [-0.25, -0.2) is 9.59 Å². The molecule has 7 rings (SSSR count). The van der Waals surface area contributed by atoms with Gasteiger partial charge in [0.25, 0.3) is 0 Å². The van der Waals surface area contributed by atoms with E-state index in [1.807, 2.05) is 28.2 Å². The Kier molecular flexibility index (Phi) is 8.81. The van der Waals surface area contributed by atoms with Crippen LogP contribution in [0.2, 0.25) is 5.02 Å². The first-order chi connectivity index (χ1) is 22.1. The lowest BCUT2D eigenvalue weighted by atomic mass is 9.98. The second-order valence-corrected chi connectivity index (χ2v) is 15.1. The van der Waals surface area contributed by atoms with Gasteiger partial charge in [0.1, 0.15) is 11.0 Å². The quantitative estimate of drug-likeness (QED) is 0.404. The maximum absolute atomic E-state index is 14.1. The Balaban J connectivity index is 0.990. The lowest BCUT2D eigenvalue weighted by Crippen LogP contribution is -2.58. The maximum atomic E-state index is 14.1. The van der Waals surface area contributed by atoms with Crippen LogP contribution in [0, 0.1) is 6.92 Å². The number of halogens is 1. The van der Waals surface area contributed by atoms with Gasteiger partial charge in [0.15, 0.2) is 0 Å². The van der Waals surface area contributed by atoms with E-state index in [1.54, 1.807) is 22.3 Å². The van der Waals surface area contributed by atoms with Gasteiger partial charge in [-0.3, -0.25) is 15.0 Å². The number of hydrogen-bond donors (Lipinski definition) is 3. The number of rotatable bonds is 6. The summed E-state index contributed by atoms with van der Waals surface area (Å²) >= 11 is 7.97. The van der Waals surface area contributed by atoms with Crippen LogP contribution in [-0.4, -0.2) is 119 Å². The second-order valence-electron chi connectivity index (χ2n) is 13.8. The highest BCUT2D eigenvalue weighted by atomic mass is 35.5. The Bertz CT molecular complexity index is 1460.